The summed E-state index contributed by atoms with van der Waals surface area (Å²) in [6.45, 7) is 4.82. The molecular weight excluding hydrogens is 255 g/mol. The summed E-state index contributed by atoms with van der Waals surface area (Å²) in [5, 5.41) is 2.95. The molecule has 0 unspecified atom stereocenters. The minimum absolute atomic E-state index is 0.237. The second-order valence-electron chi connectivity index (χ2n) is 4.82. The molecule has 1 N–H and O–H groups in total. The average molecular weight is 275 g/mol. The molecule has 0 atom stereocenters. The number of pyridine rings is 1. The fourth-order valence-electron chi connectivity index (χ4n) is 1.91. The lowest BCUT2D eigenvalue weighted by atomic mass is 10.1. The summed E-state index contributed by atoms with van der Waals surface area (Å²) in [6.07, 6.45) is -2.59. The van der Waals surface area contributed by atoms with E-state index in [0.29, 0.717) is 17.9 Å². The van der Waals surface area contributed by atoms with Crippen LogP contribution in [0.3, 0.4) is 0 Å². The standard InChI is InChI=1S/C13H20F3N3/c1-9(2)19(8-13(14,15)16)12-5-10(3)18-7-11(12)6-17-4/h5,7,9,17H,6,8H2,1-4H3. The van der Waals surface area contributed by atoms with E-state index in [-0.39, 0.29) is 6.04 Å². The molecule has 0 spiro atoms. The van der Waals surface area contributed by atoms with Gasteiger partial charge in [0.05, 0.1) is 0 Å². The molecule has 0 fully saturated rings. The van der Waals surface area contributed by atoms with Crippen molar-refractivity contribution >= 4 is 5.69 Å². The fraction of sp³-hybridized carbons (Fsp3) is 0.615. The van der Waals surface area contributed by atoms with E-state index in [0.717, 1.165) is 5.56 Å². The Labute approximate surface area is 111 Å². The predicted molar refractivity (Wildman–Crippen MR) is 70.3 cm³/mol. The molecule has 1 aromatic heterocycles. The Morgan fingerprint density at radius 1 is 1.37 bits per heavy atom. The molecular formula is C13H20F3N3. The molecule has 0 bridgehead atoms. The Kier molecular flexibility index (Phi) is 5.17. The van der Waals surface area contributed by atoms with E-state index in [1.807, 2.05) is 0 Å². The van der Waals surface area contributed by atoms with Crippen molar-refractivity contribution < 1.29 is 13.2 Å². The third kappa shape index (κ3) is 4.70. The van der Waals surface area contributed by atoms with Crippen molar-refractivity contribution in [3.63, 3.8) is 0 Å². The molecule has 0 aliphatic rings. The van der Waals surface area contributed by atoms with E-state index in [4.69, 9.17) is 0 Å². The zero-order valence-corrected chi connectivity index (χ0v) is 11.7. The summed E-state index contributed by atoms with van der Waals surface area (Å²) >= 11 is 0. The van der Waals surface area contributed by atoms with E-state index in [1.54, 1.807) is 40.1 Å². The van der Waals surface area contributed by atoms with Gasteiger partial charge < -0.3 is 10.2 Å². The largest absolute Gasteiger partial charge is 0.405 e. The monoisotopic (exact) mass is 275 g/mol. The van der Waals surface area contributed by atoms with Crippen molar-refractivity contribution in [2.75, 3.05) is 18.5 Å². The van der Waals surface area contributed by atoms with Crippen LogP contribution in [0.4, 0.5) is 18.9 Å². The molecule has 1 rings (SSSR count). The van der Waals surface area contributed by atoms with E-state index in [1.165, 1.54) is 4.90 Å². The summed E-state index contributed by atoms with van der Waals surface area (Å²) in [5.41, 5.74) is 2.07. The number of hydrogen-bond donors (Lipinski definition) is 1. The number of nitrogens with one attached hydrogen (secondary N) is 1. The summed E-state index contributed by atoms with van der Waals surface area (Å²) in [4.78, 5) is 5.51. The fourth-order valence-corrected chi connectivity index (χ4v) is 1.91. The van der Waals surface area contributed by atoms with E-state index in [2.05, 4.69) is 10.3 Å². The highest BCUT2D eigenvalue weighted by Gasteiger charge is 2.32. The van der Waals surface area contributed by atoms with Crippen LogP contribution < -0.4 is 10.2 Å². The van der Waals surface area contributed by atoms with Crippen LogP contribution in [0.2, 0.25) is 0 Å². The predicted octanol–water partition coefficient (Wildman–Crippen LogP) is 2.89. The Hall–Kier alpha value is -1.30. The SMILES string of the molecule is CNCc1cnc(C)cc1N(CC(F)(F)F)C(C)C. The number of aromatic nitrogens is 1. The van der Waals surface area contributed by atoms with Gasteiger partial charge in [-0.25, -0.2) is 0 Å². The number of halogens is 3. The molecule has 0 saturated carbocycles. The molecule has 0 amide bonds. The normalized spacial score (nSPS) is 12.0. The lowest BCUT2D eigenvalue weighted by Gasteiger charge is -2.31. The van der Waals surface area contributed by atoms with E-state index in [9.17, 15) is 13.2 Å². The van der Waals surface area contributed by atoms with Gasteiger partial charge in [-0.05, 0) is 33.9 Å². The number of anilines is 1. The Morgan fingerprint density at radius 3 is 2.47 bits per heavy atom. The molecule has 0 radical (unpaired) electrons. The van der Waals surface area contributed by atoms with Crippen LogP contribution in [0.15, 0.2) is 12.3 Å². The third-order valence-electron chi connectivity index (χ3n) is 2.75. The van der Waals surface area contributed by atoms with Gasteiger partial charge in [0.1, 0.15) is 6.54 Å². The molecule has 1 heterocycles. The Morgan fingerprint density at radius 2 is 2.00 bits per heavy atom. The molecule has 1 aromatic rings. The van der Waals surface area contributed by atoms with Crippen molar-refractivity contribution in [2.45, 2.75) is 39.5 Å². The number of rotatable bonds is 5. The molecule has 0 saturated heterocycles. The van der Waals surface area contributed by atoms with Crippen LogP contribution in [-0.2, 0) is 6.54 Å². The highest BCUT2D eigenvalue weighted by molar-refractivity contribution is 5.54. The van der Waals surface area contributed by atoms with Crippen LogP contribution >= 0.6 is 0 Å². The number of hydrogen-bond acceptors (Lipinski definition) is 3. The van der Waals surface area contributed by atoms with Crippen LogP contribution in [0.1, 0.15) is 25.1 Å². The maximum absolute atomic E-state index is 12.7. The molecule has 0 aromatic carbocycles. The van der Waals surface area contributed by atoms with Gasteiger partial charge in [0.15, 0.2) is 0 Å². The van der Waals surface area contributed by atoms with Gasteiger partial charge >= 0.3 is 6.18 Å². The number of alkyl halides is 3. The van der Waals surface area contributed by atoms with Gasteiger partial charge in [0.25, 0.3) is 0 Å². The quantitative estimate of drug-likeness (QED) is 0.895. The maximum atomic E-state index is 12.7. The van der Waals surface area contributed by atoms with Crippen molar-refractivity contribution in [3.8, 4) is 0 Å². The number of nitrogens with zero attached hydrogens (tertiary/aromatic N) is 2. The van der Waals surface area contributed by atoms with Gasteiger partial charge in [-0.3, -0.25) is 4.98 Å². The molecule has 3 nitrogen and oxygen atoms in total. The van der Waals surface area contributed by atoms with Crippen molar-refractivity contribution in [3.05, 3.63) is 23.5 Å². The lowest BCUT2D eigenvalue weighted by molar-refractivity contribution is -0.120. The van der Waals surface area contributed by atoms with Crippen molar-refractivity contribution in [1.29, 1.82) is 0 Å². The first kappa shape index (κ1) is 15.8. The van der Waals surface area contributed by atoms with Crippen molar-refractivity contribution in [2.24, 2.45) is 0 Å². The zero-order chi connectivity index (χ0) is 14.6. The summed E-state index contributed by atoms with van der Waals surface area (Å²) in [7, 11) is 1.76. The first-order valence-corrected chi connectivity index (χ1v) is 6.18. The molecule has 6 heteroatoms. The summed E-state index contributed by atoms with van der Waals surface area (Å²) in [6, 6.07) is 1.47. The third-order valence-corrected chi connectivity index (χ3v) is 2.75. The summed E-state index contributed by atoms with van der Waals surface area (Å²) < 4.78 is 38.1. The van der Waals surface area contributed by atoms with Gasteiger partial charge in [-0.2, -0.15) is 13.2 Å². The smallest absolute Gasteiger partial charge is 0.360 e. The van der Waals surface area contributed by atoms with Gasteiger partial charge in [-0.1, -0.05) is 0 Å². The maximum Gasteiger partial charge on any atom is 0.405 e. The number of aryl methyl sites for hydroxylation is 1. The Bertz CT molecular complexity index is 416. The molecule has 19 heavy (non-hydrogen) atoms. The van der Waals surface area contributed by atoms with Crippen LogP contribution in [0.5, 0.6) is 0 Å². The average Bonchev–Trinajstić information content (AvgIpc) is 2.27. The lowest BCUT2D eigenvalue weighted by Crippen LogP contribution is -2.40. The van der Waals surface area contributed by atoms with Gasteiger partial charge in [-0.15, -0.1) is 0 Å². The molecule has 0 aliphatic heterocycles. The van der Waals surface area contributed by atoms with E-state index < -0.39 is 12.7 Å². The van der Waals surface area contributed by atoms with Crippen LogP contribution in [0.25, 0.3) is 0 Å². The van der Waals surface area contributed by atoms with Crippen LogP contribution in [0, 0.1) is 6.92 Å². The first-order valence-electron chi connectivity index (χ1n) is 6.18. The van der Waals surface area contributed by atoms with E-state index >= 15 is 0 Å². The van der Waals surface area contributed by atoms with Gasteiger partial charge in [0, 0.05) is 35.7 Å². The second kappa shape index (κ2) is 6.23. The highest BCUT2D eigenvalue weighted by atomic mass is 19.4. The summed E-state index contributed by atoms with van der Waals surface area (Å²) in [5.74, 6) is 0. The highest BCUT2D eigenvalue weighted by Crippen LogP contribution is 2.27. The zero-order valence-electron chi connectivity index (χ0n) is 11.7. The topological polar surface area (TPSA) is 28.2 Å². The Balaban J connectivity index is 3.17. The first-order chi connectivity index (χ1) is 8.74. The molecule has 0 aliphatic carbocycles. The minimum Gasteiger partial charge on any atom is -0.360 e. The molecule has 108 valence electrons. The minimum atomic E-state index is -4.22. The van der Waals surface area contributed by atoms with Gasteiger partial charge in [0.2, 0.25) is 0 Å². The van der Waals surface area contributed by atoms with Crippen LogP contribution in [-0.4, -0.2) is 30.8 Å². The van der Waals surface area contributed by atoms with Crippen molar-refractivity contribution in [1.82, 2.24) is 10.3 Å². The second-order valence-corrected chi connectivity index (χ2v) is 4.82.